The third-order valence-electron chi connectivity index (χ3n) is 3.51. The summed E-state index contributed by atoms with van der Waals surface area (Å²) in [6.07, 6.45) is 3.29. The van der Waals surface area contributed by atoms with Gasteiger partial charge in [0.2, 0.25) is 5.91 Å². The lowest BCUT2D eigenvalue weighted by Gasteiger charge is -2.09. The van der Waals surface area contributed by atoms with Crippen molar-refractivity contribution in [2.24, 2.45) is 0 Å². The van der Waals surface area contributed by atoms with Gasteiger partial charge in [-0.15, -0.1) is 0 Å². The van der Waals surface area contributed by atoms with Gasteiger partial charge in [0.1, 0.15) is 5.69 Å². The molecular formula is C19H22N4O3. The predicted molar refractivity (Wildman–Crippen MR) is 100 cm³/mol. The van der Waals surface area contributed by atoms with Crippen molar-refractivity contribution >= 4 is 29.1 Å². The topological polar surface area (TPSA) is 100 Å². The molecule has 0 aliphatic heterocycles. The maximum absolute atomic E-state index is 12.4. The summed E-state index contributed by atoms with van der Waals surface area (Å²) >= 11 is 0. The zero-order chi connectivity index (χ0) is 18.9. The smallest absolute Gasteiger partial charge is 0.269 e. The number of hydrogen-bond donors (Lipinski definition) is 3. The second-order valence-corrected chi connectivity index (χ2v) is 5.76. The number of aromatic nitrogens is 1. The first-order chi connectivity index (χ1) is 12.5. The molecule has 0 aliphatic rings. The molecule has 26 heavy (non-hydrogen) atoms. The number of benzene rings is 1. The molecule has 1 aromatic carbocycles. The summed E-state index contributed by atoms with van der Waals surface area (Å²) in [5, 5.41) is 8.16. The van der Waals surface area contributed by atoms with Gasteiger partial charge in [-0.25, -0.2) is 0 Å². The Labute approximate surface area is 152 Å². The van der Waals surface area contributed by atoms with Crippen LogP contribution < -0.4 is 16.0 Å². The Kier molecular flexibility index (Phi) is 6.84. The normalized spacial score (nSPS) is 10.1. The van der Waals surface area contributed by atoms with Gasteiger partial charge in [0.15, 0.2) is 0 Å². The van der Waals surface area contributed by atoms with Gasteiger partial charge in [-0.1, -0.05) is 19.4 Å². The molecule has 0 fully saturated rings. The van der Waals surface area contributed by atoms with Crippen molar-refractivity contribution in [1.82, 2.24) is 10.3 Å². The average molecular weight is 354 g/mol. The second-order valence-electron chi connectivity index (χ2n) is 5.76. The Balaban J connectivity index is 2.07. The number of pyridine rings is 1. The van der Waals surface area contributed by atoms with E-state index in [2.05, 4.69) is 20.9 Å². The van der Waals surface area contributed by atoms with Crippen molar-refractivity contribution in [1.29, 1.82) is 0 Å². The number of amides is 3. The summed E-state index contributed by atoms with van der Waals surface area (Å²) in [6, 6.07) is 9.80. The lowest BCUT2D eigenvalue weighted by molar-refractivity contribution is -0.114. The van der Waals surface area contributed by atoms with Crippen LogP contribution in [0.3, 0.4) is 0 Å². The number of anilines is 2. The molecule has 0 bridgehead atoms. The van der Waals surface area contributed by atoms with Gasteiger partial charge in [-0.3, -0.25) is 19.4 Å². The molecule has 0 spiro atoms. The van der Waals surface area contributed by atoms with Gasteiger partial charge in [-0.2, -0.15) is 0 Å². The molecule has 0 saturated heterocycles. The Morgan fingerprint density at radius 2 is 1.73 bits per heavy atom. The van der Waals surface area contributed by atoms with Gasteiger partial charge >= 0.3 is 0 Å². The Bertz CT molecular complexity index is 805. The van der Waals surface area contributed by atoms with E-state index in [0.717, 1.165) is 12.8 Å². The molecule has 1 aromatic heterocycles. The summed E-state index contributed by atoms with van der Waals surface area (Å²) in [5.74, 6) is -0.864. The van der Waals surface area contributed by atoms with Crippen molar-refractivity contribution in [2.45, 2.75) is 26.7 Å². The summed E-state index contributed by atoms with van der Waals surface area (Å²) < 4.78 is 0. The minimum Gasteiger partial charge on any atom is -0.351 e. The second kappa shape index (κ2) is 9.31. The van der Waals surface area contributed by atoms with E-state index < -0.39 is 0 Å². The highest BCUT2D eigenvalue weighted by Gasteiger charge is 2.12. The van der Waals surface area contributed by atoms with Crippen LogP contribution in [0.15, 0.2) is 42.6 Å². The van der Waals surface area contributed by atoms with Crippen LogP contribution in [0, 0.1) is 0 Å². The van der Waals surface area contributed by atoms with Gasteiger partial charge in [0.25, 0.3) is 11.8 Å². The summed E-state index contributed by atoms with van der Waals surface area (Å²) in [6.45, 7) is 4.02. The van der Waals surface area contributed by atoms with E-state index in [1.54, 1.807) is 24.3 Å². The number of carbonyl (C=O) groups is 3. The monoisotopic (exact) mass is 354 g/mol. The van der Waals surface area contributed by atoms with Crippen molar-refractivity contribution in [2.75, 3.05) is 17.2 Å². The predicted octanol–water partition coefficient (Wildman–Crippen LogP) is 2.82. The van der Waals surface area contributed by atoms with Crippen LogP contribution in [-0.4, -0.2) is 29.3 Å². The van der Waals surface area contributed by atoms with Crippen LogP contribution in [0.2, 0.25) is 0 Å². The van der Waals surface area contributed by atoms with Gasteiger partial charge in [-0.05, 0) is 36.8 Å². The average Bonchev–Trinajstić information content (AvgIpc) is 2.61. The van der Waals surface area contributed by atoms with E-state index in [0.29, 0.717) is 23.5 Å². The first-order valence-corrected chi connectivity index (χ1v) is 8.43. The molecule has 0 radical (unpaired) electrons. The maximum atomic E-state index is 12.4. The third kappa shape index (κ3) is 5.70. The third-order valence-corrected chi connectivity index (χ3v) is 3.51. The van der Waals surface area contributed by atoms with Crippen LogP contribution >= 0.6 is 0 Å². The first-order valence-electron chi connectivity index (χ1n) is 8.43. The molecule has 2 aromatic rings. The summed E-state index contributed by atoms with van der Waals surface area (Å²) in [4.78, 5) is 39.6. The van der Waals surface area contributed by atoms with Crippen molar-refractivity contribution in [3.8, 4) is 0 Å². The molecule has 0 unspecified atom stereocenters. The Morgan fingerprint density at radius 3 is 2.42 bits per heavy atom. The highest BCUT2D eigenvalue weighted by Crippen LogP contribution is 2.16. The fourth-order valence-corrected chi connectivity index (χ4v) is 2.25. The summed E-state index contributed by atoms with van der Waals surface area (Å²) in [7, 11) is 0. The molecule has 2 rings (SSSR count). The first kappa shape index (κ1) is 19.1. The molecule has 0 saturated carbocycles. The molecule has 3 amide bonds. The van der Waals surface area contributed by atoms with Crippen LogP contribution in [-0.2, 0) is 4.79 Å². The number of hydrogen-bond acceptors (Lipinski definition) is 4. The lowest BCUT2D eigenvalue weighted by atomic mass is 10.2. The van der Waals surface area contributed by atoms with Crippen molar-refractivity contribution < 1.29 is 14.4 Å². The van der Waals surface area contributed by atoms with Crippen LogP contribution in [0.25, 0.3) is 0 Å². The van der Waals surface area contributed by atoms with Crippen LogP contribution in [0.4, 0.5) is 11.4 Å². The van der Waals surface area contributed by atoms with E-state index >= 15 is 0 Å². The van der Waals surface area contributed by atoms with Gasteiger partial charge in [0.05, 0.1) is 0 Å². The quantitative estimate of drug-likeness (QED) is 0.666. The lowest BCUT2D eigenvalue weighted by Crippen LogP contribution is -2.25. The molecule has 7 heteroatoms. The minimum atomic E-state index is -0.366. The SMILES string of the molecule is CCCCNC(=O)c1cc(C(=O)Nc2cccc(NC(C)=O)c2)ccn1. The van der Waals surface area contributed by atoms with E-state index in [9.17, 15) is 14.4 Å². The fourth-order valence-electron chi connectivity index (χ4n) is 2.25. The molecule has 7 nitrogen and oxygen atoms in total. The van der Waals surface area contributed by atoms with Gasteiger partial charge < -0.3 is 16.0 Å². The zero-order valence-corrected chi connectivity index (χ0v) is 14.8. The number of rotatable bonds is 7. The van der Waals surface area contributed by atoms with E-state index in [-0.39, 0.29) is 23.4 Å². The van der Waals surface area contributed by atoms with E-state index in [1.165, 1.54) is 25.3 Å². The Hall–Kier alpha value is -3.22. The molecule has 1 heterocycles. The molecule has 0 atom stereocenters. The molecular weight excluding hydrogens is 332 g/mol. The van der Waals surface area contributed by atoms with Crippen molar-refractivity contribution in [3.05, 3.63) is 53.9 Å². The number of carbonyl (C=O) groups excluding carboxylic acids is 3. The van der Waals surface area contributed by atoms with Crippen LogP contribution in [0.5, 0.6) is 0 Å². The summed E-state index contributed by atoms with van der Waals surface area (Å²) in [5.41, 5.74) is 1.64. The largest absolute Gasteiger partial charge is 0.351 e. The molecule has 136 valence electrons. The minimum absolute atomic E-state index is 0.193. The Morgan fingerprint density at radius 1 is 1.00 bits per heavy atom. The fraction of sp³-hybridized carbons (Fsp3) is 0.263. The van der Waals surface area contributed by atoms with Gasteiger partial charge in [0, 0.05) is 36.6 Å². The van der Waals surface area contributed by atoms with E-state index in [4.69, 9.17) is 0 Å². The standard InChI is InChI=1S/C19H22N4O3/c1-3-4-9-21-19(26)17-11-14(8-10-20-17)18(25)23-16-7-5-6-15(12-16)22-13(2)24/h5-8,10-12H,3-4,9H2,1-2H3,(H,21,26)(H,22,24)(H,23,25). The number of unbranched alkanes of at least 4 members (excludes halogenated alkanes) is 1. The van der Waals surface area contributed by atoms with Crippen LogP contribution in [0.1, 0.15) is 47.5 Å². The molecule has 0 aliphatic carbocycles. The van der Waals surface area contributed by atoms with E-state index in [1.807, 2.05) is 6.92 Å². The zero-order valence-electron chi connectivity index (χ0n) is 14.8. The molecule has 3 N–H and O–H groups in total. The maximum Gasteiger partial charge on any atom is 0.269 e. The number of nitrogens with zero attached hydrogens (tertiary/aromatic N) is 1. The number of nitrogens with one attached hydrogen (secondary N) is 3. The highest BCUT2D eigenvalue weighted by atomic mass is 16.2. The van der Waals surface area contributed by atoms with Crippen molar-refractivity contribution in [3.63, 3.8) is 0 Å². The highest BCUT2D eigenvalue weighted by molar-refractivity contribution is 6.06.